The van der Waals surface area contributed by atoms with E-state index in [1.807, 2.05) is 19.9 Å². The summed E-state index contributed by atoms with van der Waals surface area (Å²) in [7, 11) is 0. The van der Waals surface area contributed by atoms with E-state index in [0.29, 0.717) is 25.4 Å². The maximum absolute atomic E-state index is 13.3. The fourth-order valence-corrected chi connectivity index (χ4v) is 3.64. The molecule has 170 valence electrons. The summed E-state index contributed by atoms with van der Waals surface area (Å²) in [5, 5.41) is 0. The summed E-state index contributed by atoms with van der Waals surface area (Å²) in [5.74, 6) is 0.219. The van der Waals surface area contributed by atoms with Crippen molar-refractivity contribution in [2.24, 2.45) is 5.92 Å². The molecule has 1 atom stereocenters. The van der Waals surface area contributed by atoms with Gasteiger partial charge in [0, 0.05) is 19.0 Å². The van der Waals surface area contributed by atoms with Crippen LogP contribution in [0.3, 0.4) is 0 Å². The second kappa shape index (κ2) is 12.9. The Hall–Kier alpha value is -2.63. The van der Waals surface area contributed by atoms with E-state index in [-0.39, 0.29) is 30.1 Å². The van der Waals surface area contributed by atoms with E-state index >= 15 is 0 Å². The van der Waals surface area contributed by atoms with Crippen molar-refractivity contribution in [1.82, 2.24) is 9.80 Å². The number of benzene rings is 1. The quantitative estimate of drug-likeness (QED) is 0.427. The third-order valence-electron chi connectivity index (χ3n) is 5.45. The van der Waals surface area contributed by atoms with Gasteiger partial charge in [-0.25, -0.2) is 4.39 Å². The first kappa shape index (κ1) is 24.6. The lowest BCUT2D eigenvalue weighted by atomic mass is 9.97. The van der Waals surface area contributed by atoms with Crippen molar-refractivity contribution in [3.8, 4) is 0 Å². The highest BCUT2D eigenvalue weighted by Gasteiger charge is 2.26. The molecule has 1 aromatic carbocycles. The topological polar surface area (TPSA) is 53.8 Å². The highest BCUT2D eigenvalue weighted by molar-refractivity contribution is 5.86. The Kier molecular flexibility index (Phi) is 10.3. The van der Waals surface area contributed by atoms with Gasteiger partial charge in [-0.2, -0.15) is 0 Å². The number of hydrogen-bond acceptors (Lipinski definition) is 3. The predicted molar refractivity (Wildman–Crippen MR) is 120 cm³/mol. The molecule has 1 unspecified atom stereocenters. The molecule has 0 saturated heterocycles. The van der Waals surface area contributed by atoms with Crippen molar-refractivity contribution >= 4 is 11.8 Å². The van der Waals surface area contributed by atoms with E-state index in [4.69, 9.17) is 4.42 Å². The maximum atomic E-state index is 13.3. The Balaban J connectivity index is 2.15. The Bertz CT molecular complexity index is 790. The number of rotatable bonds is 13. The Labute approximate surface area is 185 Å². The molecule has 5 nitrogen and oxygen atoms in total. The summed E-state index contributed by atoms with van der Waals surface area (Å²) < 4.78 is 18.7. The molecule has 31 heavy (non-hydrogen) atoms. The molecule has 0 fully saturated rings. The molecular weight excluding hydrogens is 395 g/mol. The molecule has 0 aliphatic rings. The van der Waals surface area contributed by atoms with Gasteiger partial charge in [-0.3, -0.25) is 9.59 Å². The van der Waals surface area contributed by atoms with Crippen LogP contribution in [0.25, 0.3) is 0 Å². The van der Waals surface area contributed by atoms with Gasteiger partial charge < -0.3 is 14.2 Å². The van der Waals surface area contributed by atoms with Crippen molar-refractivity contribution < 1.29 is 18.4 Å². The molecule has 2 aromatic rings. The van der Waals surface area contributed by atoms with E-state index in [1.54, 1.807) is 34.3 Å². The summed E-state index contributed by atoms with van der Waals surface area (Å²) in [6.45, 7) is 7.37. The second-order valence-corrected chi connectivity index (χ2v) is 7.96. The number of halogens is 1. The van der Waals surface area contributed by atoms with Crippen molar-refractivity contribution in [3.63, 3.8) is 0 Å². The molecule has 0 spiro atoms. The molecule has 1 aromatic heterocycles. The van der Waals surface area contributed by atoms with Crippen LogP contribution in [0.1, 0.15) is 64.2 Å². The molecule has 0 bridgehead atoms. The van der Waals surface area contributed by atoms with Gasteiger partial charge in [-0.1, -0.05) is 45.7 Å². The van der Waals surface area contributed by atoms with Crippen molar-refractivity contribution in [2.75, 3.05) is 13.1 Å². The number of unbranched alkanes of at least 4 members (excludes halogenated alkanes) is 1. The molecule has 0 N–H and O–H groups in total. The molecule has 0 aliphatic heterocycles. The van der Waals surface area contributed by atoms with Crippen LogP contribution in [0, 0.1) is 11.7 Å². The predicted octanol–water partition coefficient (Wildman–Crippen LogP) is 5.40. The second-order valence-electron chi connectivity index (χ2n) is 7.96. The van der Waals surface area contributed by atoms with Gasteiger partial charge in [-0.05, 0) is 49.1 Å². The highest BCUT2D eigenvalue weighted by atomic mass is 19.1. The smallest absolute Gasteiger partial charge is 0.242 e. The van der Waals surface area contributed by atoms with Gasteiger partial charge in [0.05, 0.1) is 19.4 Å². The first-order valence-electron chi connectivity index (χ1n) is 11.3. The van der Waals surface area contributed by atoms with Gasteiger partial charge in [-0.15, -0.1) is 0 Å². The number of hydrogen-bond donors (Lipinski definition) is 0. The van der Waals surface area contributed by atoms with Gasteiger partial charge in [0.2, 0.25) is 11.8 Å². The lowest BCUT2D eigenvalue weighted by molar-refractivity contribution is -0.144. The van der Waals surface area contributed by atoms with Gasteiger partial charge in [0.25, 0.3) is 0 Å². The first-order chi connectivity index (χ1) is 15.0. The molecule has 2 amide bonds. The number of amides is 2. The number of furan rings is 1. The van der Waals surface area contributed by atoms with Crippen LogP contribution in [-0.2, 0) is 22.7 Å². The summed E-state index contributed by atoms with van der Waals surface area (Å²) in [5.41, 5.74) is 0.823. The Morgan fingerprint density at radius 3 is 2.32 bits per heavy atom. The van der Waals surface area contributed by atoms with Crippen molar-refractivity contribution in [3.05, 3.63) is 59.8 Å². The largest absolute Gasteiger partial charge is 0.467 e. The van der Waals surface area contributed by atoms with Crippen LogP contribution >= 0.6 is 0 Å². The first-order valence-corrected chi connectivity index (χ1v) is 11.3. The third-order valence-corrected chi connectivity index (χ3v) is 5.45. The fourth-order valence-electron chi connectivity index (χ4n) is 3.64. The van der Waals surface area contributed by atoms with E-state index in [9.17, 15) is 14.0 Å². The summed E-state index contributed by atoms with van der Waals surface area (Å²) in [4.78, 5) is 29.8. The fraction of sp³-hybridized carbons (Fsp3) is 0.520. The van der Waals surface area contributed by atoms with Gasteiger partial charge >= 0.3 is 0 Å². The third kappa shape index (κ3) is 7.85. The minimum absolute atomic E-state index is 0.0389. The number of carbonyl (C=O) groups is 2. The zero-order chi connectivity index (χ0) is 22.6. The standard InChI is InChI=1S/C25H35FN2O3/c1-4-7-9-21(6-3)25(30)27(15-5-2)19-24(29)28(18-23-10-8-16-31-23)17-20-11-13-22(26)14-12-20/h8,10-14,16,21H,4-7,9,15,17-19H2,1-3H3. The van der Waals surface area contributed by atoms with Crippen LogP contribution in [0.4, 0.5) is 4.39 Å². The zero-order valence-electron chi connectivity index (χ0n) is 19.0. The van der Waals surface area contributed by atoms with Crippen LogP contribution in [0.2, 0.25) is 0 Å². The average molecular weight is 431 g/mol. The molecule has 1 heterocycles. The summed E-state index contributed by atoms with van der Waals surface area (Å²) >= 11 is 0. The lowest BCUT2D eigenvalue weighted by Crippen LogP contribution is -2.44. The van der Waals surface area contributed by atoms with Crippen LogP contribution in [-0.4, -0.2) is 34.7 Å². The monoisotopic (exact) mass is 430 g/mol. The van der Waals surface area contributed by atoms with Crippen LogP contribution in [0.15, 0.2) is 47.1 Å². The minimum atomic E-state index is -0.315. The summed E-state index contributed by atoms with van der Waals surface area (Å²) in [6, 6.07) is 9.71. The normalized spacial score (nSPS) is 11.9. The summed E-state index contributed by atoms with van der Waals surface area (Å²) in [6.07, 6.45) is 6.05. The Morgan fingerprint density at radius 1 is 1.00 bits per heavy atom. The van der Waals surface area contributed by atoms with Gasteiger partial charge in [0.1, 0.15) is 11.6 Å². The Morgan fingerprint density at radius 2 is 1.74 bits per heavy atom. The van der Waals surface area contributed by atoms with E-state index in [0.717, 1.165) is 37.7 Å². The average Bonchev–Trinajstić information content (AvgIpc) is 3.28. The number of nitrogens with zero attached hydrogens (tertiary/aromatic N) is 2. The molecular formula is C25H35FN2O3. The molecule has 6 heteroatoms. The van der Waals surface area contributed by atoms with E-state index in [2.05, 4.69) is 6.92 Å². The SMILES string of the molecule is CCCCC(CC)C(=O)N(CCC)CC(=O)N(Cc1ccc(F)cc1)Cc1ccco1. The minimum Gasteiger partial charge on any atom is -0.467 e. The maximum Gasteiger partial charge on any atom is 0.242 e. The number of carbonyl (C=O) groups excluding carboxylic acids is 2. The molecule has 2 rings (SSSR count). The van der Waals surface area contributed by atoms with Gasteiger partial charge in [0.15, 0.2) is 0 Å². The molecule has 0 aliphatic carbocycles. The van der Waals surface area contributed by atoms with Crippen LogP contribution in [0.5, 0.6) is 0 Å². The van der Waals surface area contributed by atoms with E-state index in [1.165, 1.54) is 12.1 Å². The van der Waals surface area contributed by atoms with Crippen molar-refractivity contribution in [1.29, 1.82) is 0 Å². The zero-order valence-corrected chi connectivity index (χ0v) is 19.0. The van der Waals surface area contributed by atoms with E-state index < -0.39 is 0 Å². The highest BCUT2D eigenvalue weighted by Crippen LogP contribution is 2.18. The lowest BCUT2D eigenvalue weighted by Gasteiger charge is -2.29. The molecule has 0 radical (unpaired) electrons. The van der Waals surface area contributed by atoms with Crippen LogP contribution < -0.4 is 0 Å². The van der Waals surface area contributed by atoms with Crippen molar-refractivity contribution in [2.45, 2.75) is 66.0 Å². The molecule has 0 saturated carbocycles.